The molecule has 0 spiro atoms. The van der Waals surface area contributed by atoms with Gasteiger partial charge in [-0.15, -0.1) is 0 Å². The lowest BCUT2D eigenvalue weighted by molar-refractivity contribution is 0.475. The summed E-state index contributed by atoms with van der Waals surface area (Å²) in [7, 11) is 0. The topological polar surface area (TPSA) is 35.5 Å². The number of halogens is 1. The number of allylic oxidation sites excluding steroid dienone is 2. The Morgan fingerprint density at radius 3 is 2.33 bits per heavy atom. The summed E-state index contributed by atoms with van der Waals surface area (Å²) >= 11 is 6.04. The summed E-state index contributed by atoms with van der Waals surface area (Å²) in [6.07, 6.45) is 4.00. The van der Waals surface area contributed by atoms with Crippen LogP contribution < -0.4 is 10.2 Å². The van der Waals surface area contributed by atoms with E-state index < -0.39 is 0 Å². The minimum Gasteiger partial charge on any atom is -0.508 e. The van der Waals surface area contributed by atoms with Gasteiger partial charge in [-0.05, 0) is 26.0 Å². The second kappa shape index (κ2) is 8.01. The molecule has 0 radical (unpaired) electrons. The van der Waals surface area contributed by atoms with Crippen molar-refractivity contribution in [2.45, 2.75) is 13.8 Å². The lowest BCUT2D eigenvalue weighted by Crippen LogP contribution is -2.43. The van der Waals surface area contributed by atoms with Gasteiger partial charge < -0.3 is 15.3 Å². The highest BCUT2D eigenvalue weighted by molar-refractivity contribution is 6.33. The third-order valence-electron chi connectivity index (χ3n) is 2.72. The van der Waals surface area contributed by atoms with Gasteiger partial charge in [-0.2, -0.15) is 0 Å². The van der Waals surface area contributed by atoms with Gasteiger partial charge in [0.2, 0.25) is 0 Å². The minimum absolute atomic E-state index is 0.217. The van der Waals surface area contributed by atoms with Crippen LogP contribution in [-0.2, 0) is 0 Å². The van der Waals surface area contributed by atoms with Crippen molar-refractivity contribution in [3.8, 4) is 5.75 Å². The van der Waals surface area contributed by atoms with Gasteiger partial charge in [0.15, 0.2) is 0 Å². The Hall–Kier alpha value is -1.19. The van der Waals surface area contributed by atoms with E-state index in [4.69, 9.17) is 11.6 Å². The number of benzene rings is 1. The molecule has 1 aromatic carbocycles. The summed E-state index contributed by atoms with van der Waals surface area (Å²) in [5, 5.41) is 13.1. The summed E-state index contributed by atoms with van der Waals surface area (Å²) in [5.74, 6) is 0.217. The molecule has 0 saturated carbocycles. The monoisotopic (exact) mass is 268 g/mol. The standard InChI is InChI=1S/C10H13ClN2O.C4H8/c11-9-7-8(14)1-2-10(9)13-5-3-12-4-6-13;1-3-4-2/h1-2,7,12,14H,3-6H2;3-4H,1-2H3/b;4-3-. The zero-order chi connectivity index (χ0) is 13.4. The van der Waals surface area contributed by atoms with Gasteiger partial charge in [0.25, 0.3) is 0 Å². The molecule has 0 aromatic heterocycles. The zero-order valence-corrected chi connectivity index (χ0v) is 11.7. The molecule has 1 heterocycles. The molecule has 0 atom stereocenters. The van der Waals surface area contributed by atoms with E-state index in [0.29, 0.717) is 5.02 Å². The smallest absolute Gasteiger partial charge is 0.117 e. The predicted octanol–water partition coefficient (Wildman–Crippen LogP) is 3.04. The third kappa shape index (κ3) is 4.59. The van der Waals surface area contributed by atoms with E-state index in [-0.39, 0.29) is 5.75 Å². The van der Waals surface area contributed by atoms with Crippen molar-refractivity contribution in [2.75, 3.05) is 31.1 Å². The Labute approximate surface area is 114 Å². The molecule has 1 aliphatic rings. The molecular formula is C14H21ClN2O. The normalized spacial score (nSPS) is 15.4. The molecule has 2 rings (SSSR count). The van der Waals surface area contributed by atoms with Gasteiger partial charge in [0.05, 0.1) is 10.7 Å². The Bertz CT molecular complexity index is 383. The summed E-state index contributed by atoms with van der Waals surface area (Å²) < 4.78 is 0. The number of anilines is 1. The maximum absolute atomic E-state index is 9.22. The van der Waals surface area contributed by atoms with Gasteiger partial charge in [-0.3, -0.25) is 0 Å². The van der Waals surface area contributed by atoms with Crippen LogP contribution in [0.25, 0.3) is 0 Å². The number of nitrogens with one attached hydrogen (secondary N) is 1. The van der Waals surface area contributed by atoms with Crippen LogP contribution in [0.2, 0.25) is 5.02 Å². The van der Waals surface area contributed by atoms with Crippen LogP contribution in [0.5, 0.6) is 5.75 Å². The number of hydrogen-bond acceptors (Lipinski definition) is 3. The van der Waals surface area contributed by atoms with E-state index in [0.717, 1.165) is 31.9 Å². The highest BCUT2D eigenvalue weighted by Gasteiger charge is 2.13. The average molecular weight is 269 g/mol. The van der Waals surface area contributed by atoms with Crippen LogP contribution in [-0.4, -0.2) is 31.3 Å². The molecule has 1 aromatic rings. The van der Waals surface area contributed by atoms with Gasteiger partial charge in [-0.1, -0.05) is 23.8 Å². The first kappa shape index (κ1) is 14.9. The largest absolute Gasteiger partial charge is 0.508 e. The van der Waals surface area contributed by atoms with Crippen molar-refractivity contribution in [1.29, 1.82) is 0 Å². The first-order valence-corrected chi connectivity index (χ1v) is 6.58. The van der Waals surface area contributed by atoms with Crippen molar-refractivity contribution >= 4 is 17.3 Å². The second-order valence-electron chi connectivity index (χ2n) is 4.04. The predicted molar refractivity (Wildman–Crippen MR) is 78.7 cm³/mol. The molecule has 1 fully saturated rings. The van der Waals surface area contributed by atoms with Gasteiger partial charge in [-0.25, -0.2) is 0 Å². The number of hydrogen-bond donors (Lipinski definition) is 2. The Balaban J connectivity index is 0.000000357. The maximum atomic E-state index is 9.22. The van der Waals surface area contributed by atoms with Crippen LogP contribution in [0, 0.1) is 0 Å². The minimum atomic E-state index is 0.217. The molecule has 0 aliphatic carbocycles. The lowest BCUT2D eigenvalue weighted by Gasteiger charge is -2.30. The highest BCUT2D eigenvalue weighted by atomic mass is 35.5. The Kier molecular flexibility index (Phi) is 6.61. The molecule has 1 aliphatic heterocycles. The molecule has 0 bridgehead atoms. The van der Waals surface area contributed by atoms with Crippen molar-refractivity contribution in [3.63, 3.8) is 0 Å². The van der Waals surface area contributed by atoms with E-state index in [1.165, 1.54) is 0 Å². The fourth-order valence-corrected chi connectivity index (χ4v) is 1.95. The highest BCUT2D eigenvalue weighted by Crippen LogP contribution is 2.29. The molecule has 18 heavy (non-hydrogen) atoms. The van der Waals surface area contributed by atoms with E-state index >= 15 is 0 Å². The quantitative estimate of drug-likeness (QED) is 0.769. The SMILES string of the molecule is C/C=C\C.Oc1ccc(N2CCNCC2)c(Cl)c1. The number of aromatic hydroxyl groups is 1. The van der Waals surface area contributed by atoms with Crippen molar-refractivity contribution in [1.82, 2.24) is 5.32 Å². The van der Waals surface area contributed by atoms with Crippen molar-refractivity contribution in [2.24, 2.45) is 0 Å². The molecule has 3 nitrogen and oxygen atoms in total. The lowest BCUT2D eigenvalue weighted by atomic mass is 10.2. The Morgan fingerprint density at radius 2 is 1.83 bits per heavy atom. The van der Waals surface area contributed by atoms with Crippen LogP contribution >= 0.6 is 11.6 Å². The van der Waals surface area contributed by atoms with Gasteiger partial charge in [0.1, 0.15) is 5.75 Å². The fourth-order valence-electron chi connectivity index (χ4n) is 1.66. The van der Waals surface area contributed by atoms with E-state index in [2.05, 4.69) is 10.2 Å². The molecular weight excluding hydrogens is 248 g/mol. The van der Waals surface area contributed by atoms with E-state index in [9.17, 15) is 5.11 Å². The summed E-state index contributed by atoms with van der Waals surface area (Å²) in [6, 6.07) is 5.12. The fraction of sp³-hybridized carbons (Fsp3) is 0.429. The zero-order valence-electron chi connectivity index (χ0n) is 11.0. The maximum Gasteiger partial charge on any atom is 0.117 e. The summed E-state index contributed by atoms with van der Waals surface area (Å²) in [5.41, 5.74) is 1.01. The van der Waals surface area contributed by atoms with Crippen molar-refractivity contribution < 1.29 is 5.11 Å². The summed E-state index contributed by atoms with van der Waals surface area (Å²) in [6.45, 7) is 7.89. The molecule has 2 N–H and O–H groups in total. The number of rotatable bonds is 1. The molecule has 1 saturated heterocycles. The molecule has 0 unspecified atom stereocenters. The van der Waals surface area contributed by atoms with E-state index in [1.54, 1.807) is 12.1 Å². The number of piperazine rings is 1. The van der Waals surface area contributed by atoms with Crippen LogP contribution in [0.1, 0.15) is 13.8 Å². The van der Waals surface area contributed by atoms with Gasteiger partial charge in [0, 0.05) is 32.2 Å². The number of phenolic OH excluding ortho intramolecular Hbond substituents is 1. The van der Waals surface area contributed by atoms with E-state index in [1.807, 2.05) is 32.1 Å². The van der Waals surface area contributed by atoms with Crippen LogP contribution in [0.15, 0.2) is 30.4 Å². The van der Waals surface area contributed by atoms with Crippen LogP contribution in [0.3, 0.4) is 0 Å². The Morgan fingerprint density at radius 1 is 1.22 bits per heavy atom. The third-order valence-corrected chi connectivity index (χ3v) is 3.03. The average Bonchev–Trinajstić information content (AvgIpc) is 2.40. The number of phenols is 1. The molecule has 0 amide bonds. The molecule has 4 heteroatoms. The van der Waals surface area contributed by atoms with Crippen LogP contribution in [0.4, 0.5) is 5.69 Å². The first-order chi connectivity index (χ1) is 8.69. The second-order valence-corrected chi connectivity index (χ2v) is 4.45. The van der Waals surface area contributed by atoms with Crippen molar-refractivity contribution in [3.05, 3.63) is 35.4 Å². The number of nitrogens with zero attached hydrogens (tertiary/aromatic N) is 1. The summed E-state index contributed by atoms with van der Waals surface area (Å²) in [4.78, 5) is 2.22. The first-order valence-electron chi connectivity index (χ1n) is 6.20. The molecule has 100 valence electrons. The van der Waals surface area contributed by atoms with Gasteiger partial charge >= 0.3 is 0 Å².